The Balaban J connectivity index is 2.32. The van der Waals surface area contributed by atoms with Crippen LogP contribution in [0.15, 0.2) is 36.7 Å². The third kappa shape index (κ3) is 2.37. The van der Waals surface area contributed by atoms with Crippen LogP contribution >= 0.6 is 11.6 Å². The van der Waals surface area contributed by atoms with E-state index in [4.69, 9.17) is 16.4 Å². The van der Waals surface area contributed by atoms with Crippen LogP contribution in [-0.4, -0.2) is 34.9 Å². The van der Waals surface area contributed by atoms with Gasteiger partial charge in [-0.3, -0.25) is 9.63 Å². The van der Waals surface area contributed by atoms with Crippen molar-refractivity contribution in [2.45, 2.75) is 0 Å². The number of hydroxylamine groups is 2. The van der Waals surface area contributed by atoms with E-state index in [1.807, 2.05) is 18.2 Å². The van der Waals surface area contributed by atoms with Crippen LogP contribution in [0.1, 0.15) is 10.4 Å². The molecule has 5 nitrogen and oxygen atoms in total. The second-order valence-corrected chi connectivity index (χ2v) is 4.02. The molecule has 0 radical (unpaired) electrons. The van der Waals surface area contributed by atoms with Crippen molar-refractivity contribution >= 4 is 17.5 Å². The van der Waals surface area contributed by atoms with Gasteiger partial charge in [0.05, 0.1) is 29.6 Å². The van der Waals surface area contributed by atoms with E-state index >= 15 is 0 Å². The molecule has 94 valence electrons. The summed E-state index contributed by atoms with van der Waals surface area (Å²) in [4.78, 5) is 16.6. The van der Waals surface area contributed by atoms with Crippen molar-refractivity contribution in [1.82, 2.24) is 14.8 Å². The van der Waals surface area contributed by atoms with Gasteiger partial charge in [0, 0.05) is 13.2 Å². The Morgan fingerprint density at radius 2 is 2.17 bits per heavy atom. The molecule has 0 aliphatic carbocycles. The third-order valence-corrected chi connectivity index (χ3v) is 2.81. The SMILES string of the molecule is CON(C)C(=O)c1cnn(-c2ccccc2Cl)c1. The van der Waals surface area contributed by atoms with E-state index in [0.29, 0.717) is 10.6 Å². The van der Waals surface area contributed by atoms with Crippen LogP contribution in [0.3, 0.4) is 0 Å². The Bertz CT molecular complexity index is 568. The topological polar surface area (TPSA) is 47.4 Å². The number of benzene rings is 1. The number of rotatable bonds is 3. The van der Waals surface area contributed by atoms with E-state index in [0.717, 1.165) is 10.8 Å². The van der Waals surface area contributed by atoms with Crippen LogP contribution in [0.5, 0.6) is 0 Å². The number of aromatic nitrogens is 2. The van der Waals surface area contributed by atoms with Crippen molar-refractivity contribution < 1.29 is 9.63 Å². The summed E-state index contributed by atoms with van der Waals surface area (Å²) in [5.74, 6) is -0.268. The fourth-order valence-corrected chi connectivity index (χ4v) is 1.69. The number of nitrogens with zero attached hydrogens (tertiary/aromatic N) is 3. The maximum absolute atomic E-state index is 11.8. The van der Waals surface area contributed by atoms with Gasteiger partial charge in [0.15, 0.2) is 0 Å². The maximum atomic E-state index is 11.8. The molecule has 6 heteroatoms. The molecule has 0 aliphatic heterocycles. The Hall–Kier alpha value is -1.85. The van der Waals surface area contributed by atoms with Crippen LogP contribution < -0.4 is 0 Å². The molecule has 0 fully saturated rings. The van der Waals surface area contributed by atoms with Gasteiger partial charge in [-0.05, 0) is 12.1 Å². The summed E-state index contributed by atoms with van der Waals surface area (Å²) in [5.41, 5.74) is 1.15. The maximum Gasteiger partial charge on any atom is 0.280 e. The Labute approximate surface area is 109 Å². The highest BCUT2D eigenvalue weighted by Crippen LogP contribution is 2.19. The molecular weight excluding hydrogens is 254 g/mol. The lowest BCUT2D eigenvalue weighted by Crippen LogP contribution is -2.24. The van der Waals surface area contributed by atoms with Gasteiger partial charge in [-0.1, -0.05) is 23.7 Å². The van der Waals surface area contributed by atoms with Gasteiger partial charge in [-0.2, -0.15) is 5.10 Å². The van der Waals surface area contributed by atoms with Crippen LogP contribution in [0.25, 0.3) is 5.69 Å². The lowest BCUT2D eigenvalue weighted by molar-refractivity contribution is -0.0757. The second kappa shape index (κ2) is 5.20. The average Bonchev–Trinajstić information content (AvgIpc) is 2.87. The Morgan fingerprint density at radius 3 is 2.83 bits per heavy atom. The van der Waals surface area contributed by atoms with E-state index < -0.39 is 0 Å². The van der Waals surface area contributed by atoms with Gasteiger partial charge in [0.2, 0.25) is 0 Å². The van der Waals surface area contributed by atoms with Crippen molar-refractivity contribution in [3.05, 3.63) is 47.2 Å². The molecule has 0 aliphatic rings. The summed E-state index contributed by atoms with van der Waals surface area (Å²) >= 11 is 6.06. The number of para-hydroxylation sites is 1. The van der Waals surface area contributed by atoms with Crippen LogP contribution in [0, 0.1) is 0 Å². The molecule has 0 bridgehead atoms. The van der Waals surface area contributed by atoms with E-state index in [1.165, 1.54) is 20.4 Å². The smallest absolute Gasteiger partial charge is 0.274 e. The number of carbonyl (C=O) groups excluding carboxylic acids is 1. The van der Waals surface area contributed by atoms with Crippen LogP contribution in [0.4, 0.5) is 0 Å². The van der Waals surface area contributed by atoms with Crippen molar-refractivity contribution in [3.63, 3.8) is 0 Å². The van der Waals surface area contributed by atoms with Crippen molar-refractivity contribution in [1.29, 1.82) is 0 Å². The normalized spacial score (nSPS) is 10.4. The molecule has 1 amide bonds. The van der Waals surface area contributed by atoms with Gasteiger partial charge in [-0.15, -0.1) is 0 Å². The molecule has 0 saturated carbocycles. The van der Waals surface area contributed by atoms with Crippen molar-refractivity contribution in [3.8, 4) is 5.69 Å². The molecular formula is C12H12ClN3O2. The first-order chi connectivity index (χ1) is 8.63. The molecule has 1 heterocycles. The first-order valence-electron chi connectivity index (χ1n) is 5.25. The zero-order valence-corrected chi connectivity index (χ0v) is 10.8. The zero-order valence-electron chi connectivity index (χ0n) is 10.0. The predicted molar refractivity (Wildman–Crippen MR) is 67.7 cm³/mol. The van der Waals surface area contributed by atoms with Gasteiger partial charge >= 0.3 is 0 Å². The predicted octanol–water partition coefficient (Wildman–Crippen LogP) is 2.16. The minimum atomic E-state index is -0.268. The van der Waals surface area contributed by atoms with Gasteiger partial charge in [-0.25, -0.2) is 9.75 Å². The summed E-state index contributed by atoms with van der Waals surface area (Å²) in [7, 11) is 2.96. The van der Waals surface area contributed by atoms with Crippen LogP contribution in [-0.2, 0) is 4.84 Å². The van der Waals surface area contributed by atoms with Crippen LogP contribution in [0.2, 0.25) is 5.02 Å². The first kappa shape index (κ1) is 12.6. The molecule has 0 N–H and O–H groups in total. The largest absolute Gasteiger partial charge is 0.280 e. The van der Waals surface area contributed by atoms with E-state index in [2.05, 4.69) is 5.10 Å². The molecule has 1 aromatic heterocycles. The quantitative estimate of drug-likeness (QED) is 0.799. The van der Waals surface area contributed by atoms with Crippen molar-refractivity contribution in [2.24, 2.45) is 0 Å². The average molecular weight is 266 g/mol. The molecule has 18 heavy (non-hydrogen) atoms. The fourth-order valence-electron chi connectivity index (χ4n) is 1.47. The van der Waals surface area contributed by atoms with Gasteiger partial charge in [0.1, 0.15) is 0 Å². The number of hydrogen-bond acceptors (Lipinski definition) is 3. The lowest BCUT2D eigenvalue weighted by Gasteiger charge is -2.11. The summed E-state index contributed by atoms with van der Waals surface area (Å²) in [5, 5.41) is 5.82. The molecule has 0 saturated heterocycles. The molecule has 2 aromatic rings. The molecule has 2 rings (SSSR count). The summed E-state index contributed by atoms with van der Waals surface area (Å²) < 4.78 is 1.55. The van der Waals surface area contributed by atoms with E-state index in [1.54, 1.807) is 16.9 Å². The highest BCUT2D eigenvalue weighted by molar-refractivity contribution is 6.32. The summed E-state index contributed by atoms with van der Waals surface area (Å²) in [6, 6.07) is 7.27. The molecule has 0 atom stereocenters. The fraction of sp³-hybridized carbons (Fsp3) is 0.167. The number of amides is 1. The Morgan fingerprint density at radius 1 is 1.44 bits per heavy atom. The first-order valence-corrected chi connectivity index (χ1v) is 5.63. The Kier molecular flexibility index (Phi) is 3.64. The van der Waals surface area contributed by atoms with E-state index in [-0.39, 0.29) is 5.91 Å². The van der Waals surface area contributed by atoms with Crippen molar-refractivity contribution in [2.75, 3.05) is 14.2 Å². The lowest BCUT2D eigenvalue weighted by atomic mass is 10.3. The highest BCUT2D eigenvalue weighted by Gasteiger charge is 2.14. The second-order valence-electron chi connectivity index (χ2n) is 3.61. The molecule has 0 spiro atoms. The zero-order chi connectivity index (χ0) is 13.1. The van der Waals surface area contributed by atoms with E-state index in [9.17, 15) is 4.79 Å². The number of hydrogen-bond donors (Lipinski definition) is 0. The molecule has 1 aromatic carbocycles. The van der Waals surface area contributed by atoms with Gasteiger partial charge in [0.25, 0.3) is 5.91 Å². The summed E-state index contributed by atoms with van der Waals surface area (Å²) in [6.45, 7) is 0. The standard InChI is InChI=1S/C12H12ClN3O2/c1-15(18-2)12(17)9-7-14-16(8-9)11-6-4-3-5-10(11)13/h3-8H,1-2H3. The monoisotopic (exact) mass is 265 g/mol. The summed E-state index contributed by atoms with van der Waals surface area (Å²) in [6.07, 6.45) is 3.08. The number of halogens is 1. The number of carbonyl (C=O) groups is 1. The third-order valence-electron chi connectivity index (χ3n) is 2.49. The minimum absolute atomic E-state index is 0.268. The highest BCUT2D eigenvalue weighted by atomic mass is 35.5. The minimum Gasteiger partial charge on any atom is -0.274 e. The molecule has 0 unspecified atom stereocenters. The van der Waals surface area contributed by atoms with Gasteiger partial charge < -0.3 is 0 Å².